The van der Waals surface area contributed by atoms with Crippen molar-refractivity contribution in [2.24, 2.45) is 0 Å². The molecule has 2 aromatic rings. The Balaban J connectivity index is 2.22. The molecule has 0 aliphatic carbocycles. The van der Waals surface area contributed by atoms with Crippen LogP contribution in [-0.2, 0) is 0 Å². The third kappa shape index (κ3) is 3.00. The molecule has 0 aliphatic heterocycles. The maximum absolute atomic E-state index is 13.7. The van der Waals surface area contributed by atoms with Gasteiger partial charge in [0.25, 0.3) is 5.91 Å². The number of carboxylic acids is 1. The summed E-state index contributed by atoms with van der Waals surface area (Å²) in [5, 5.41) is 11.1. The van der Waals surface area contributed by atoms with E-state index in [1.807, 2.05) is 13.0 Å². The summed E-state index contributed by atoms with van der Waals surface area (Å²) in [6.45, 7) is 1.85. The topological polar surface area (TPSA) is 66.4 Å². The van der Waals surface area contributed by atoms with Crippen molar-refractivity contribution in [3.63, 3.8) is 0 Å². The van der Waals surface area contributed by atoms with E-state index in [1.54, 1.807) is 18.2 Å². The van der Waals surface area contributed by atoms with Gasteiger partial charge in [0.05, 0.1) is 11.3 Å². The number of amides is 1. The Kier molecular flexibility index (Phi) is 3.79. The molecule has 0 aromatic heterocycles. The molecular weight excluding hydrogens is 261 g/mol. The van der Waals surface area contributed by atoms with Gasteiger partial charge in [-0.3, -0.25) is 4.79 Å². The van der Waals surface area contributed by atoms with Crippen LogP contribution in [0, 0.1) is 12.7 Å². The molecule has 0 unspecified atom stereocenters. The molecule has 0 radical (unpaired) electrons. The van der Waals surface area contributed by atoms with Crippen molar-refractivity contribution in [3.05, 3.63) is 65.0 Å². The summed E-state index contributed by atoms with van der Waals surface area (Å²) >= 11 is 0. The third-order valence-electron chi connectivity index (χ3n) is 2.74. The number of carbonyl (C=O) groups excluding carboxylic acids is 1. The molecule has 1 amide bonds. The second kappa shape index (κ2) is 5.52. The van der Waals surface area contributed by atoms with Gasteiger partial charge in [0.1, 0.15) is 5.82 Å². The van der Waals surface area contributed by atoms with Gasteiger partial charge in [-0.05, 0) is 37.3 Å². The first-order valence-corrected chi connectivity index (χ1v) is 5.88. The van der Waals surface area contributed by atoms with Crippen LogP contribution in [0.1, 0.15) is 26.3 Å². The Morgan fingerprint density at radius 3 is 2.45 bits per heavy atom. The van der Waals surface area contributed by atoms with Crippen LogP contribution in [0.5, 0.6) is 0 Å². The molecule has 5 heteroatoms. The molecule has 0 saturated carbocycles. The van der Waals surface area contributed by atoms with E-state index in [4.69, 9.17) is 5.11 Å². The van der Waals surface area contributed by atoms with Crippen molar-refractivity contribution in [3.8, 4) is 0 Å². The summed E-state index contributed by atoms with van der Waals surface area (Å²) in [6.07, 6.45) is 0. The van der Waals surface area contributed by atoms with Gasteiger partial charge in [-0.25, -0.2) is 9.18 Å². The van der Waals surface area contributed by atoms with E-state index in [-0.39, 0.29) is 11.3 Å². The summed E-state index contributed by atoms with van der Waals surface area (Å²) in [4.78, 5) is 22.6. The van der Waals surface area contributed by atoms with Gasteiger partial charge >= 0.3 is 5.97 Å². The molecule has 0 heterocycles. The summed E-state index contributed by atoms with van der Waals surface area (Å²) in [7, 11) is 0. The highest BCUT2D eigenvalue weighted by atomic mass is 19.1. The molecule has 0 saturated heterocycles. The lowest BCUT2D eigenvalue weighted by Crippen LogP contribution is -2.13. The molecule has 0 aliphatic rings. The normalized spacial score (nSPS) is 10.1. The fourth-order valence-electron chi connectivity index (χ4n) is 1.73. The van der Waals surface area contributed by atoms with E-state index >= 15 is 0 Å². The lowest BCUT2D eigenvalue weighted by Gasteiger charge is -2.07. The smallest absolute Gasteiger partial charge is 0.335 e. The molecule has 0 atom stereocenters. The van der Waals surface area contributed by atoms with Crippen LogP contribution in [0.4, 0.5) is 10.1 Å². The highest BCUT2D eigenvalue weighted by Gasteiger charge is 2.12. The number of aryl methyl sites for hydroxylation is 1. The average molecular weight is 273 g/mol. The maximum atomic E-state index is 13.7. The lowest BCUT2D eigenvalue weighted by atomic mass is 10.1. The molecule has 4 nitrogen and oxygen atoms in total. The zero-order valence-corrected chi connectivity index (χ0v) is 10.7. The Morgan fingerprint density at radius 1 is 1.10 bits per heavy atom. The van der Waals surface area contributed by atoms with E-state index in [2.05, 4.69) is 5.32 Å². The number of benzene rings is 2. The number of hydrogen-bond donors (Lipinski definition) is 2. The molecule has 2 aromatic carbocycles. The number of anilines is 1. The van der Waals surface area contributed by atoms with Gasteiger partial charge in [0, 0.05) is 5.56 Å². The predicted molar refractivity (Wildman–Crippen MR) is 72.5 cm³/mol. The summed E-state index contributed by atoms with van der Waals surface area (Å²) in [5.74, 6) is -2.46. The van der Waals surface area contributed by atoms with Crippen molar-refractivity contribution in [1.29, 1.82) is 0 Å². The maximum Gasteiger partial charge on any atom is 0.335 e. The first kappa shape index (κ1) is 13.7. The number of hydrogen-bond acceptors (Lipinski definition) is 2. The molecule has 0 fully saturated rings. The van der Waals surface area contributed by atoms with Gasteiger partial charge in [-0.2, -0.15) is 0 Å². The van der Waals surface area contributed by atoms with Crippen molar-refractivity contribution in [1.82, 2.24) is 0 Å². The first-order valence-electron chi connectivity index (χ1n) is 5.88. The lowest BCUT2D eigenvalue weighted by molar-refractivity contribution is 0.0696. The van der Waals surface area contributed by atoms with Crippen LogP contribution in [0.15, 0.2) is 42.5 Å². The van der Waals surface area contributed by atoms with Crippen LogP contribution in [0.25, 0.3) is 0 Å². The van der Waals surface area contributed by atoms with E-state index in [9.17, 15) is 14.0 Å². The number of nitrogens with one attached hydrogen (secondary N) is 1. The number of rotatable bonds is 3. The van der Waals surface area contributed by atoms with Gasteiger partial charge in [0.15, 0.2) is 0 Å². The van der Waals surface area contributed by atoms with E-state index < -0.39 is 17.7 Å². The van der Waals surface area contributed by atoms with Crippen LogP contribution in [0.3, 0.4) is 0 Å². The summed E-state index contributed by atoms with van der Waals surface area (Å²) < 4.78 is 13.7. The van der Waals surface area contributed by atoms with Crippen molar-refractivity contribution < 1.29 is 19.1 Å². The van der Waals surface area contributed by atoms with Crippen LogP contribution in [0.2, 0.25) is 0 Å². The predicted octanol–water partition coefficient (Wildman–Crippen LogP) is 3.08. The van der Waals surface area contributed by atoms with E-state index in [0.29, 0.717) is 5.56 Å². The Bertz CT molecular complexity index is 683. The summed E-state index contributed by atoms with van der Waals surface area (Å²) in [5.41, 5.74) is 1.10. The van der Waals surface area contributed by atoms with Gasteiger partial charge in [-0.15, -0.1) is 0 Å². The molecular formula is C15H12FNO3. The largest absolute Gasteiger partial charge is 0.478 e. The van der Waals surface area contributed by atoms with Crippen LogP contribution < -0.4 is 5.32 Å². The monoisotopic (exact) mass is 273 g/mol. The van der Waals surface area contributed by atoms with Gasteiger partial charge in [-0.1, -0.05) is 17.7 Å². The minimum absolute atomic E-state index is 0.0542. The zero-order valence-electron chi connectivity index (χ0n) is 10.7. The Hall–Kier alpha value is -2.69. The second-order valence-electron chi connectivity index (χ2n) is 4.32. The minimum Gasteiger partial charge on any atom is -0.478 e. The zero-order chi connectivity index (χ0) is 14.7. The van der Waals surface area contributed by atoms with E-state index in [0.717, 1.165) is 11.6 Å². The standard InChI is InChI=1S/C15H12FNO3/c1-9-3-2-4-10(7-9)14(18)17-13-6-5-11(15(19)20)8-12(13)16/h2-8H,1H3,(H,17,18)(H,19,20). The van der Waals surface area contributed by atoms with E-state index in [1.165, 1.54) is 12.1 Å². The number of halogens is 1. The Labute approximate surface area is 114 Å². The van der Waals surface area contributed by atoms with Gasteiger partial charge < -0.3 is 10.4 Å². The molecule has 2 N–H and O–H groups in total. The molecule has 102 valence electrons. The highest BCUT2D eigenvalue weighted by molar-refractivity contribution is 6.04. The van der Waals surface area contributed by atoms with Gasteiger partial charge in [0.2, 0.25) is 0 Å². The number of carboxylic acid groups (broad SMARTS) is 1. The average Bonchev–Trinajstić information content (AvgIpc) is 2.40. The quantitative estimate of drug-likeness (QED) is 0.903. The van der Waals surface area contributed by atoms with Crippen molar-refractivity contribution >= 4 is 17.6 Å². The van der Waals surface area contributed by atoms with Crippen molar-refractivity contribution in [2.75, 3.05) is 5.32 Å². The van der Waals surface area contributed by atoms with Crippen LogP contribution >= 0.6 is 0 Å². The third-order valence-corrected chi connectivity index (χ3v) is 2.74. The highest BCUT2D eigenvalue weighted by Crippen LogP contribution is 2.17. The Morgan fingerprint density at radius 2 is 1.85 bits per heavy atom. The van der Waals surface area contributed by atoms with Crippen LogP contribution in [-0.4, -0.2) is 17.0 Å². The molecule has 2 rings (SSSR count). The molecule has 0 spiro atoms. The van der Waals surface area contributed by atoms with Crippen molar-refractivity contribution in [2.45, 2.75) is 6.92 Å². The fraction of sp³-hybridized carbons (Fsp3) is 0.0667. The molecule has 20 heavy (non-hydrogen) atoms. The SMILES string of the molecule is Cc1cccc(C(=O)Nc2ccc(C(=O)O)cc2F)c1. The molecule has 0 bridgehead atoms. The number of carbonyl (C=O) groups is 2. The first-order chi connectivity index (χ1) is 9.47. The second-order valence-corrected chi connectivity index (χ2v) is 4.32. The minimum atomic E-state index is -1.22. The summed E-state index contributed by atoms with van der Waals surface area (Å²) in [6, 6.07) is 10.2. The fourth-order valence-corrected chi connectivity index (χ4v) is 1.73. The number of aromatic carboxylic acids is 1.